The summed E-state index contributed by atoms with van der Waals surface area (Å²) in [6, 6.07) is 3.70. The molecule has 1 N–H and O–H groups in total. The molecule has 9 heteroatoms. The molecule has 28 heavy (non-hydrogen) atoms. The van der Waals surface area contributed by atoms with Crippen LogP contribution in [0.2, 0.25) is 0 Å². The summed E-state index contributed by atoms with van der Waals surface area (Å²) in [5.41, 5.74) is 2.00. The molecule has 1 fully saturated rings. The molecular formula is C19H21N5O3S. The zero-order valence-electron chi connectivity index (χ0n) is 15.4. The maximum absolute atomic E-state index is 12.8. The molecule has 1 unspecified atom stereocenters. The van der Waals surface area contributed by atoms with E-state index in [1.54, 1.807) is 17.6 Å². The molecule has 0 spiro atoms. The Labute approximate surface area is 166 Å². The Hall–Kier alpha value is -2.70. The summed E-state index contributed by atoms with van der Waals surface area (Å²) in [5, 5.41) is 18.1. The van der Waals surface area contributed by atoms with Gasteiger partial charge in [-0.2, -0.15) is 10.4 Å². The number of carbonyl (C=O) groups excluding carboxylic acids is 2. The highest BCUT2D eigenvalue weighted by molar-refractivity contribution is 7.12. The highest BCUT2D eigenvalue weighted by atomic mass is 32.1. The van der Waals surface area contributed by atoms with Gasteiger partial charge < -0.3 is 15.0 Å². The summed E-state index contributed by atoms with van der Waals surface area (Å²) < 4.78 is 7.23. The molecule has 0 aromatic carbocycles. The van der Waals surface area contributed by atoms with E-state index in [9.17, 15) is 9.59 Å². The van der Waals surface area contributed by atoms with E-state index in [-0.39, 0.29) is 17.7 Å². The van der Waals surface area contributed by atoms with Crippen molar-refractivity contribution in [3.8, 4) is 6.07 Å². The van der Waals surface area contributed by atoms with Crippen LogP contribution in [0.15, 0.2) is 17.6 Å². The number of nitrogens with zero attached hydrogens (tertiary/aromatic N) is 4. The lowest BCUT2D eigenvalue weighted by Crippen LogP contribution is -2.41. The molecule has 0 saturated carbocycles. The minimum absolute atomic E-state index is 0.00600. The summed E-state index contributed by atoms with van der Waals surface area (Å²) in [7, 11) is 0. The van der Waals surface area contributed by atoms with Crippen molar-refractivity contribution >= 4 is 23.2 Å². The number of thiophene rings is 1. The molecular weight excluding hydrogens is 378 g/mol. The summed E-state index contributed by atoms with van der Waals surface area (Å²) in [6.45, 7) is 3.58. The summed E-state index contributed by atoms with van der Waals surface area (Å²) >= 11 is 1.27. The fraction of sp³-hybridized carbons (Fsp3) is 0.474. The molecule has 146 valence electrons. The van der Waals surface area contributed by atoms with Gasteiger partial charge in [-0.25, -0.2) is 0 Å². The van der Waals surface area contributed by atoms with Crippen LogP contribution in [0.3, 0.4) is 0 Å². The van der Waals surface area contributed by atoms with Crippen LogP contribution < -0.4 is 5.32 Å². The molecule has 8 nitrogen and oxygen atoms in total. The van der Waals surface area contributed by atoms with Crippen molar-refractivity contribution < 1.29 is 14.3 Å². The van der Waals surface area contributed by atoms with Gasteiger partial charge in [0.1, 0.15) is 10.9 Å². The number of aromatic nitrogens is 2. The van der Waals surface area contributed by atoms with Crippen LogP contribution >= 0.6 is 11.3 Å². The summed E-state index contributed by atoms with van der Waals surface area (Å²) in [5.74, 6) is 0.0246. The number of morpholine rings is 1. The van der Waals surface area contributed by atoms with Gasteiger partial charge in [0.15, 0.2) is 0 Å². The number of hydrogen-bond donors (Lipinski definition) is 1. The third-order valence-corrected chi connectivity index (χ3v) is 6.16. The average Bonchev–Trinajstić information content (AvgIpc) is 3.38. The first kappa shape index (κ1) is 18.7. The predicted octanol–water partition coefficient (Wildman–Crippen LogP) is 1.28. The lowest BCUT2D eigenvalue weighted by molar-refractivity contribution is 0.0301. The van der Waals surface area contributed by atoms with Gasteiger partial charge in [-0.3, -0.25) is 14.3 Å². The van der Waals surface area contributed by atoms with Crippen molar-refractivity contribution in [3.63, 3.8) is 0 Å². The Bertz CT molecular complexity index is 922. The number of hydrogen-bond acceptors (Lipinski definition) is 6. The SMILES string of the molecule is N#Cc1ccsc1C(=O)NCC1CCn2ncc(C(=O)N3CCOCC3)c2C1. The van der Waals surface area contributed by atoms with Crippen LogP contribution in [0.1, 0.15) is 37.7 Å². The van der Waals surface area contributed by atoms with Gasteiger partial charge >= 0.3 is 0 Å². The number of carbonyl (C=O) groups is 2. The maximum Gasteiger partial charge on any atom is 0.262 e. The lowest BCUT2D eigenvalue weighted by Gasteiger charge is -2.28. The van der Waals surface area contributed by atoms with Gasteiger partial charge in [0, 0.05) is 26.2 Å². The van der Waals surface area contributed by atoms with Crippen molar-refractivity contribution in [3.05, 3.63) is 39.3 Å². The van der Waals surface area contributed by atoms with E-state index in [1.165, 1.54) is 11.3 Å². The monoisotopic (exact) mass is 399 g/mol. The van der Waals surface area contributed by atoms with E-state index in [4.69, 9.17) is 10.00 Å². The molecule has 2 aliphatic heterocycles. The molecule has 1 saturated heterocycles. The minimum Gasteiger partial charge on any atom is -0.378 e. The number of fused-ring (bicyclic) bond motifs is 1. The first-order chi connectivity index (χ1) is 13.7. The van der Waals surface area contributed by atoms with Crippen LogP contribution in [0.4, 0.5) is 0 Å². The van der Waals surface area contributed by atoms with E-state index in [0.717, 1.165) is 18.7 Å². The molecule has 2 aliphatic rings. The fourth-order valence-corrected chi connectivity index (χ4v) is 4.44. The smallest absolute Gasteiger partial charge is 0.262 e. The van der Waals surface area contributed by atoms with Gasteiger partial charge in [0.05, 0.1) is 36.2 Å². The van der Waals surface area contributed by atoms with Crippen LogP contribution in [0.25, 0.3) is 0 Å². The molecule has 4 heterocycles. The highest BCUT2D eigenvalue weighted by Crippen LogP contribution is 2.24. The van der Waals surface area contributed by atoms with Crippen molar-refractivity contribution in [2.75, 3.05) is 32.8 Å². The van der Waals surface area contributed by atoms with Gasteiger partial charge in [-0.1, -0.05) is 0 Å². The quantitative estimate of drug-likeness (QED) is 0.835. The second-order valence-electron chi connectivity index (χ2n) is 6.98. The van der Waals surface area contributed by atoms with Crippen molar-refractivity contribution in [1.29, 1.82) is 5.26 Å². The Morgan fingerprint density at radius 1 is 1.36 bits per heavy atom. The number of aryl methyl sites for hydroxylation is 1. The number of rotatable bonds is 4. The van der Waals surface area contributed by atoms with Gasteiger partial charge in [0.2, 0.25) is 0 Å². The largest absolute Gasteiger partial charge is 0.378 e. The molecule has 2 aromatic rings. The van der Waals surface area contributed by atoms with Crippen LogP contribution in [-0.4, -0.2) is 59.3 Å². The highest BCUT2D eigenvalue weighted by Gasteiger charge is 2.28. The zero-order chi connectivity index (χ0) is 19.5. The summed E-state index contributed by atoms with van der Waals surface area (Å²) in [6.07, 6.45) is 3.25. The molecule has 0 aliphatic carbocycles. The van der Waals surface area contributed by atoms with Crippen LogP contribution in [0, 0.1) is 17.2 Å². The lowest BCUT2D eigenvalue weighted by atomic mass is 9.94. The van der Waals surface area contributed by atoms with Crippen molar-refractivity contribution in [2.45, 2.75) is 19.4 Å². The van der Waals surface area contributed by atoms with Crippen LogP contribution in [-0.2, 0) is 17.7 Å². The Balaban J connectivity index is 1.40. The topological polar surface area (TPSA) is 100 Å². The second kappa shape index (κ2) is 8.12. The van der Waals surface area contributed by atoms with Gasteiger partial charge in [0.25, 0.3) is 11.8 Å². The number of ether oxygens (including phenoxy) is 1. The maximum atomic E-state index is 12.8. The number of nitriles is 1. The standard InChI is InChI=1S/C19H21N5O3S/c20-10-14-2-8-28-17(14)18(25)21-11-13-1-3-24-16(9-13)15(12-22-24)19(26)23-4-6-27-7-5-23/h2,8,12-13H,1,3-7,9,11H2,(H,21,25). The fourth-order valence-electron chi connectivity index (χ4n) is 3.68. The molecule has 0 bridgehead atoms. The first-order valence-corrected chi connectivity index (χ1v) is 10.2. The summed E-state index contributed by atoms with van der Waals surface area (Å²) in [4.78, 5) is 27.5. The zero-order valence-corrected chi connectivity index (χ0v) is 16.2. The normalized spacial score (nSPS) is 19.0. The van der Waals surface area contributed by atoms with Gasteiger partial charge in [-0.15, -0.1) is 11.3 Å². The Morgan fingerprint density at radius 2 is 2.18 bits per heavy atom. The number of nitrogens with one attached hydrogen (secondary N) is 1. The van der Waals surface area contributed by atoms with E-state index < -0.39 is 0 Å². The third kappa shape index (κ3) is 3.66. The van der Waals surface area contributed by atoms with E-state index in [0.29, 0.717) is 55.3 Å². The van der Waals surface area contributed by atoms with Crippen molar-refractivity contribution in [2.24, 2.45) is 5.92 Å². The number of amides is 2. The van der Waals surface area contributed by atoms with Crippen LogP contribution in [0.5, 0.6) is 0 Å². The van der Waals surface area contributed by atoms with Gasteiger partial charge in [-0.05, 0) is 30.2 Å². The third-order valence-electron chi connectivity index (χ3n) is 5.25. The molecule has 0 radical (unpaired) electrons. The van der Waals surface area contributed by atoms with E-state index >= 15 is 0 Å². The molecule has 2 amide bonds. The second-order valence-corrected chi connectivity index (χ2v) is 7.89. The molecule has 4 rings (SSSR count). The minimum atomic E-state index is -0.213. The molecule has 1 atom stereocenters. The Kier molecular flexibility index (Phi) is 5.41. The van der Waals surface area contributed by atoms with E-state index in [1.807, 2.05) is 15.7 Å². The van der Waals surface area contributed by atoms with E-state index in [2.05, 4.69) is 10.4 Å². The first-order valence-electron chi connectivity index (χ1n) is 9.35. The molecule has 2 aromatic heterocycles. The predicted molar refractivity (Wildman–Crippen MR) is 102 cm³/mol. The average molecular weight is 399 g/mol. The Morgan fingerprint density at radius 3 is 2.96 bits per heavy atom. The van der Waals surface area contributed by atoms with Crippen molar-refractivity contribution in [1.82, 2.24) is 20.0 Å².